The van der Waals surface area contributed by atoms with Crippen molar-refractivity contribution in [3.63, 3.8) is 0 Å². The standard InChI is InChI=1S/C9H15N3O6/c10-7(15)2-1-5(11-4-14)8(16)12-6(3-13)9(17)18/h4-6,13H,1-3H2,(H2,10,15)(H,11,14)(H,12,16)(H,17,18)/t5-,6-/m0/s1. The summed E-state index contributed by atoms with van der Waals surface area (Å²) in [4.78, 5) is 43.0. The lowest BCUT2D eigenvalue weighted by molar-refractivity contribution is -0.143. The molecule has 0 aliphatic carbocycles. The van der Waals surface area contributed by atoms with Gasteiger partial charge in [-0.25, -0.2) is 4.79 Å². The summed E-state index contributed by atoms with van der Waals surface area (Å²) in [6.07, 6.45) is 0.0490. The van der Waals surface area contributed by atoms with E-state index in [1.54, 1.807) is 0 Å². The number of amides is 3. The van der Waals surface area contributed by atoms with E-state index >= 15 is 0 Å². The van der Waals surface area contributed by atoms with Crippen LogP contribution in [0.15, 0.2) is 0 Å². The number of aliphatic hydroxyl groups excluding tert-OH is 1. The molecule has 0 fully saturated rings. The molecule has 0 aromatic rings. The summed E-state index contributed by atoms with van der Waals surface area (Å²) < 4.78 is 0. The van der Waals surface area contributed by atoms with E-state index in [0.717, 1.165) is 0 Å². The smallest absolute Gasteiger partial charge is 0.328 e. The minimum absolute atomic E-state index is 0.0579. The molecule has 9 heteroatoms. The van der Waals surface area contributed by atoms with Crippen LogP contribution in [0.5, 0.6) is 0 Å². The molecule has 102 valence electrons. The molecule has 6 N–H and O–H groups in total. The number of carbonyl (C=O) groups is 4. The predicted molar refractivity (Wildman–Crippen MR) is 58.1 cm³/mol. The highest BCUT2D eigenvalue weighted by molar-refractivity contribution is 5.88. The van der Waals surface area contributed by atoms with Crippen LogP contribution in [0, 0.1) is 0 Å². The van der Waals surface area contributed by atoms with Crippen molar-refractivity contribution in [3.05, 3.63) is 0 Å². The molecule has 0 bridgehead atoms. The number of hydrogen-bond acceptors (Lipinski definition) is 5. The van der Waals surface area contributed by atoms with Crippen LogP contribution in [-0.2, 0) is 19.2 Å². The van der Waals surface area contributed by atoms with Crippen molar-refractivity contribution in [2.24, 2.45) is 5.73 Å². The van der Waals surface area contributed by atoms with E-state index in [0.29, 0.717) is 0 Å². The fourth-order valence-electron chi connectivity index (χ4n) is 1.12. The van der Waals surface area contributed by atoms with E-state index in [-0.39, 0.29) is 19.3 Å². The lowest BCUT2D eigenvalue weighted by atomic mass is 10.1. The lowest BCUT2D eigenvalue weighted by Crippen LogP contribution is -2.51. The van der Waals surface area contributed by atoms with E-state index in [1.165, 1.54) is 0 Å². The molecule has 3 amide bonds. The maximum atomic E-state index is 11.6. The monoisotopic (exact) mass is 261 g/mol. The third kappa shape index (κ3) is 5.80. The summed E-state index contributed by atoms with van der Waals surface area (Å²) in [5.41, 5.74) is 4.89. The fourth-order valence-corrected chi connectivity index (χ4v) is 1.12. The highest BCUT2D eigenvalue weighted by Gasteiger charge is 2.24. The molecule has 0 spiro atoms. The second-order valence-electron chi connectivity index (χ2n) is 3.42. The normalized spacial score (nSPS) is 13.2. The first kappa shape index (κ1) is 15.8. The van der Waals surface area contributed by atoms with Crippen LogP contribution in [0.1, 0.15) is 12.8 Å². The Morgan fingerprint density at radius 1 is 1.28 bits per heavy atom. The number of aliphatic carboxylic acids is 1. The van der Waals surface area contributed by atoms with Gasteiger partial charge in [0.15, 0.2) is 0 Å². The topological polar surface area (TPSA) is 159 Å². The SMILES string of the molecule is NC(=O)CC[C@H](NC=O)C(=O)N[C@@H](CO)C(=O)O. The number of hydrogen-bond donors (Lipinski definition) is 5. The van der Waals surface area contributed by atoms with Gasteiger partial charge < -0.3 is 26.6 Å². The predicted octanol–water partition coefficient (Wildman–Crippen LogP) is -3.07. The number of carboxylic acid groups (broad SMARTS) is 1. The molecule has 0 aliphatic heterocycles. The van der Waals surface area contributed by atoms with Gasteiger partial charge in [0.25, 0.3) is 0 Å². The average Bonchev–Trinajstić information content (AvgIpc) is 2.30. The van der Waals surface area contributed by atoms with Crippen LogP contribution in [0.2, 0.25) is 0 Å². The molecule has 18 heavy (non-hydrogen) atoms. The fraction of sp³-hybridized carbons (Fsp3) is 0.556. The quantitative estimate of drug-likeness (QED) is 0.277. The Hall–Kier alpha value is -2.16. The van der Waals surface area contributed by atoms with Gasteiger partial charge >= 0.3 is 5.97 Å². The molecule has 0 saturated carbocycles. The molecular formula is C9H15N3O6. The first-order valence-corrected chi connectivity index (χ1v) is 5.04. The van der Waals surface area contributed by atoms with Crippen molar-refractivity contribution < 1.29 is 29.4 Å². The van der Waals surface area contributed by atoms with Gasteiger partial charge in [0.2, 0.25) is 18.2 Å². The van der Waals surface area contributed by atoms with E-state index in [9.17, 15) is 19.2 Å². The Kier molecular flexibility index (Phi) is 7.05. The van der Waals surface area contributed by atoms with Crippen LogP contribution in [0.4, 0.5) is 0 Å². The summed E-state index contributed by atoms with van der Waals surface area (Å²) >= 11 is 0. The molecule has 0 unspecified atom stereocenters. The molecule has 0 rings (SSSR count). The van der Waals surface area contributed by atoms with Crippen molar-refractivity contribution in [3.8, 4) is 0 Å². The van der Waals surface area contributed by atoms with Crippen molar-refractivity contribution in [2.75, 3.05) is 6.61 Å². The van der Waals surface area contributed by atoms with E-state index in [1.807, 2.05) is 5.32 Å². The number of carboxylic acids is 1. The van der Waals surface area contributed by atoms with Crippen molar-refractivity contribution in [1.29, 1.82) is 0 Å². The highest BCUT2D eigenvalue weighted by Crippen LogP contribution is 1.97. The average molecular weight is 261 g/mol. The van der Waals surface area contributed by atoms with Gasteiger partial charge in [-0.1, -0.05) is 0 Å². The third-order valence-electron chi connectivity index (χ3n) is 2.06. The van der Waals surface area contributed by atoms with Crippen molar-refractivity contribution in [2.45, 2.75) is 24.9 Å². The Morgan fingerprint density at radius 2 is 1.89 bits per heavy atom. The van der Waals surface area contributed by atoms with E-state index in [4.69, 9.17) is 15.9 Å². The molecule has 0 aromatic heterocycles. The maximum Gasteiger partial charge on any atom is 0.328 e. The molecular weight excluding hydrogens is 246 g/mol. The molecule has 0 heterocycles. The van der Waals surface area contributed by atoms with E-state index < -0.39 is 36.5 Å². The molecule has 9 nitrogen and oxygen atoms in total. The zero-order valence-corrected chi connectivity index (χ0v) is 9.46. The van der Waals surface area contributed by atoms with Gasteiger partial charge in [-0.2, -0.15) is 0 Å². The Bertz CT molecular complexity index is 332. The number of nitrogens with one attached hydrogen (secondary N) is 2. The van der Waals surface area contributed by atoms with Crippen molar-refractivity contribution >= 4 is 24.2 Å². The number of nitrogens with two attached hydrogens (primary N) is 1. The summed E-state index contributed by atoms with van der Waals surface area (Å²) in [7, 11) is 0. The number of aliphatic hydroxyl groups is 1. The Labute approximate surface area is 102 Å². The lowest BCUT2D eigenvalue weighted by Gasteiger charge is -2.18. The Balaban J connectivity index is 4.49. The molecule has 0 radical (unpaired) electrons. The van der Waals surface area contributed by atoms with Gasteiger partial charge in [0, 0.05) is 6.42 Å². The largest absolute Gasteiger partial charge is 0.480 e. The van der Waals surface area contributed by atoms with Gasteiger partial charge in [0.1, 0.15) is 12.1 Å². The first-order chi connectivity index (χ1) is 8.42. The summed E-state index contributed by atoms with van der Waals surface area (Å²) in [6.45, 7) is -0.787. The molecule has 0 aromatic carbocycles. The van der Waals surface area contributed by atoms with Crippen LogP contribution < -0.4 is 16.4 Å². The molecule has 0 aliphatic rings. The summed E-state index contributed by atoms with van der Waals surface area (Å²) in [5, 5.41) is 21.5. The summed E-state index contributed by atoms with van der Waals surface area (Å²) in [5.74, 6) is -2.88. The maximum absolute atomic E-state index is 11.6. The van der Waals surface area contributed by atoms with E-state index in [2.05, 4.69) is 5.32 Å². The van der Waals surface area contributed by atoms with Crippen molar-refractivity contribution in [1.82, 2.24) is 10.6 Å². The third-order valence-corrected chi connectivity index (χ3v) is 2.06. The summed E-state index contributed by atoms with van der Waals surface area (Å²) in [6, 6.07) is -2.55. The molecule has 0 saturated heterocycles. The zero-order chi connectivity index (χ0) is 14.1. The number of rotatable bonds is 9. The van der Waals surface area contributed by atoms with Gasteiger partial charge in [-0.05, 0) is 6.42 Å². The van der Waals surface area contributed by atoms with Crippen LogP contribution in [-0.4, -0.2) is 53.1 Å². The number of carbonyl (C=O) groups excluding carboxylic acids is 3. The molecule has 2 atom stereocenters. The number of primary amides is 1. The first-order valence-electron chi connectivity index (χ1n) is 5.04. The van der Waals surface area contributed by atoms with Crippen LogP contribution in [0.3, 0.4) is 0 Å². The minimum Gasteiger partial charge on any atom is -0.480 e. The second kappa shape index (κ2) is 8.01. The van der Waals surface area contributed by atoms with Gasteiger partial charge in [0.05, 0.1) is 6.61 Å². The van der Waals surface area contributed by atoms with Gasteiger partial charge in [-0.3, -0.25) is 14.4 Å². The van der Waals surface area contributed by atoms with Gasteiger partial charge in [-0.15, -0.1) is 0 Å². The van der Waals surface area contributed by atoms with Crippen LogP contribution >= 0.6 is 0 Å². The Morgan fingerprint density at radius 3 is 2.28 bits per heavy atom. The highest BCUT2D eigenvalue weighted by atomic mass is 16.4. The minimum atomic E-state index is -1.47. The zero-order valence-electron chi connectivity index (χ0n) is 9.46. The second-order valence-corrected chi connectivity index (χ2v) is 3.42. The van der Waals surface area contributed by atoms with Crippen LogP contribution in [0.25, 0.3) is 0 Å².